The fraction of sp³-hybridized carbons (Fsp3) is 0.410. The van der Waals surface area contributed by atoms with Gasteiger partial charge < -0.3 is 19.7 Å². The van der Waals surface area contributed by atoms with Crippen LogP contribution in [0.5, 0.6) is 23.0 Å². The van der Waals surface area contributed by atoms with Gasteiger partial charge in [0.05, 0.1) is 12.2 Å². The molecule has 4 aliphatic carbocycles. The van der Waals surface area contributed by atoms with Crippen molar-refractivity contribution in [3.05, 3.63) is 154 Å². The van der Waals surface area contributed by atoms with Crippen LogP contribution in [0.15, 0.2) is 132 Å². The molecule has 0 heterocycles. The van der Waals surface area contributed by atoms with Crippen LogP contribution >= 0.6 is 0 Å². The molecule has 0 aromatic heterocycles. The lowest BCUT2D eigenvalue weighted by atomic mass is 9.79. The molecule has 2 saturated carbocycles. The van der Waals surface area contributed by atoms with Crippen LogP contribution in [0.4, 0.5) is 0 Å². The summed E-state index contributed by atoms with van der Waals surface area (Å²) in [5.74, 6) is 2.04. The van der Waals surface area contributed by atoms with Crippen molar-refractivity contribution >= 4 is 11.1 Å². The number of ether oxygens (including phenoxy) is 2. The zero-order chi connectivity index (χ0) is 45.5. The first kappa shape index (κ1) is 46.1. The third-order valence-electron chi connectivity index (χ3n) is 14.2. The number of hydrogen-bond donors (Lipinski definition) is 2. The maximum Gasteiger partial charge on any atom is 0.131 e. The summed E-state index contributed by atoms with van der Waals surface area (Å²) in [5, 5.41) is 24.7. The minimum atomic E-state index is -0.202. The molecule has 0 spiro atoms. The van der Waals surface area contributed by atoms with Gasteiger partial charge in [-0.15, -0.1) is 0 Å². The number of hydrogen-bond acceptors (Lipinski definition) is 4. The van der Waals surface area contributed by atoms with E-state index in [-0.39, 0.29) is 12.2 Å². The predicted octanol–water partition coefficient (Wildman–Crippen LogP) is 17.2. The second kappa shape index (κ2) is 21.2. The highest BCUT2D eigenvalue weighted by atomic mass is 16.5. The fourth-order valence-corrected chi connectivity index (χ4v) is 11.1. The fourth-order valence-electron chi connectivity index (χ4n) is 11.1. The highest BCUT2D eigenvalue weighted by Gasteiger charge is 2.27. The number of benzene rings is 4. The van der Waals surface area contributed by atoms with E-state index in [2.05, 4.69) is 89.4 Å². The molecule has 8 rings (SSSR count). The quantitative estimate of drug-likeness (QED) is 0.167. The van der Waals surface area contributed by atoms with Crippen molar-refractivity contribution in [2.24, 2.45) is 0 Å². The van der Waals surface area contributed by atoms with Crippen molar-refractivity contribution in [1.29, 1.82) is 0 Å². The number of aryl methyl sites for hydroxylation is 2. The Morgan fingerprint density at radius 2 is 0.862 bits per heavy atom. The van der Waals surface area contributed by atoms with E-state index in [0.29, 0.717) is 17.9 Å². The molecule has 4 aromatic carbocycles. The maximum absolute atomic E-state index is 12.3. The summed E-state index contributed by atoms with van der Waals surface area (Å²) in [7, 11) is 0. The third-order valence-corrected chi connectivity index (χ3v) is 14.2. The number of aromatic hydroxyl groups is 2. The molecule has 0 bridgehead atoms. The average Bonchev–Trinajstić information content (AvgIpc) is 3.29. The van der Waals surface area contributed by atoms with Crippen LogP contribution in [0.1, 0.15) is 158 Å². The summed E-state index contributed by atoms with van der Waals surface area (Å²) in [4.78, 5) is 0. The van der Waals surface area contributed by atoms with E-state index in [1.54, 1.807) is 0 Å². The van der Waals surface area contributed by atoms with Gasteiger partial charge in [-0.2, -0.15) is 0 Å². The van der Waals surface area contributed by atoms with Gasteiger partial charge in [-0.3, -0.25) is 0 Å². The van der Waals surface area contributed by atoms with Crippen LogP contribution in [0.3, 0.4) is 0 Å². The lowest BCUT2D eigenvalue weighted by Crippen LogP contribution is -2.23. The maximum atomic E-state index is 12.3. The van der Waals surface area contributed by atoms with Gasteiger partial charge in [0.1, 0.15) is 23.0 Å². The highest BCUT2D eigenvalue weighted by Crippen LogP contribution is 2.49. The lowest BCUT2D eigenvalue weighted by molar-refractivity contribution is 0.131. The van der Waals surface area contributed by atoms with Gasteiger partial charge in [0, 0.05) is 39.8 Å². The molecule has 340 valence electrons. The molecular formula is C61H72O4. The predicted molar refractivity (Wildman–Crippen MR) is 273 cm³/mol. The van der Waals surface area contributed by atoms with Crippen molar-refractivity contribution in [3.8, 4) is 45.3 Å². The topological polar surface area (TPSA) is 58.9 Å². The minimum absolute atomic E-state index is 0.202. The van der Waals surface area contributed by atoms with E-state index in [1.807, 2.05) is 36.4 Å². The number of rotatable bonds is 10. The van der Waals surface area contributed by atoms with Crippen molar-refractivity contribution in [3.63, 3.8) is 0 Å². The molecule has 2 N–H and O–H groups in total. The lowest BCUT2D eigenvalue weighted by Gasteiger charge is -2.27. The van der Waals surface area contributed by atoms with Gasteiger partial charge >= 0.3 is 0 Å². The molecule has 2 fully saturated rings. The number of para-hydroxylation sites is 2. The van der Waals surface area contributed by atoms with Gasteiger partial charge in [0.25, 0.3) is 0 Å². The van der Waals surface area contributed by atoms with E-state index < -0.39 is 0 Å². The molecule has 1 unspecified atom stereocenters. The number of allylic oxidation sites excluding steroid dienone is 10. The summed E-state index contributed by atoms with van der Waals surface area (Å²) < 4.78 is 13.6. The van der Waals surface area contributed by atoms with E-state index in [9.17, 15) is 10.2 Å². The summed E-state index contributed by atoms with van der Waals surface area (Å²) in [5.41, 5.74) is 17.5. The van der Waals surface area contributed by atoms with Gasteiger partial charge in [0.15, 0.2) is 0 Å². The van der Waals surface area contributed by atoms with E-state index >= 15 is 0 Å². The first-order valence-corrected chi connectivity index (χ1v) is 25.0. The van der Waals surface area contributed by atoms with Crippen LogP contribution in [-0.4, -0.2) is 22.4 Å². The Kier molecular flexibility index (Phi) is 15.0. The molecule has 0 radical (unpaired) electrons. The largest absolute Gasteiger partial charge is 0.507 e. The zero-order valence-electron chi connectivity index (χ0n) is 39.8. The normalized spacial score (nSPS) is 22.6. The van der Waals surface area contributed by atoms with E-state index in [1.165, 1.54) is 60.8 Å². The second-order valence-corrected chi connectivity index (χ2v) is 19.5. The number of phenolic OH excluding ortho intramolecular Hbond substituents is 2. The molecule has 2 atom stereocenters. The smallest absolute Gasteiger partial charge is 0.131 e. The van der Waals surface area contributed by atoms with Gasteiger partial charge in [0.2, 0.25) is 0 Å². The van der Waals surface area contributed by atoms with Gasteiger partial charge in [-0.1, -0.05) is 74.5 Å². The van der Waals surface area contributed by atoms with Gasteiger partial charge in [-0.05, 0) is 223 Å². The summed E-state index contributed by atoms with van der Waals surface area (Å²) in [6.07, 6.45) is 25.3. The van der Waals surface area contributed by atoms with Crippen LogP contribution in [0, 0.1) is 13.8 Å². The molecule has 4 nitrogen and oxygen atoms in total. The van der Waals surface area contributed by atoms with E-state index in [4.69, 9.17) is 9.47 Å². The van der Waals surface area contributed by atoms with Gasteiger partial charge in [-0.25, -0.2) is 0 Å². The molecule has 65 heavy (non-hydrogen) atoms. The number of fused-ring (bicyclic) bond motifs is 2. The highest BCUT2D eigenvalue weighted by molar-refractivity contribution is 5.92. The standard InChI is InChI=1S/C61H72O4/c1-40-35-52(60(62)54(37-40)58-42(3)23-11-7-9-13-25-46-27-15-17-29-48(46)58)50-31-19-21-33-56(50)64-44(5)39-45(6)65-57-34-22-20-32-51(57)53-36-41(2)38-55(61(53)63)59-43(4)24-12-8-10-14-26-47-28-16-18-30-49(47)59/h19-22,25-26,31-38,44-45,62-63H,3-4,7-18,23-24,27-30,39H2,1-2,5-6H3/b46-25-,47-26-,58-48+,59-49+/t44-,45?/m0/s1. The summed E-state index contributed by atoms with van der Waals surface area (Å²) >= 11 is 0. The van der Waals surface area contributed by atoms with Crippen LogP contribution in [-0.2, 0) is 0 Å². The first-order chi connectivity index (χ1) is 31.6. The first-order valence-electron chi connectivity index (χ1n) is 25.0. The second-order valence-electron chi connectivity index (χ2n) is 19.5. The molecule has 0 aliphatic heterocycles. The molecule has 0 saturated heterocycles. The van der Waals surface area contributed by atoms with Crippen molar-refractivity contribution in [1.82, 2.24) is 0 Å². The monoisotopic (exact) mass is 869 g/mol. The Hall–Kier alpha value is -5.48. The Labute approximate surface area is 390 Å². The third kappa shape index (κ3) is 10.6. The van der Waals surface area contributed by atoms with Crippen LogP contribution < -0.4 is 9.47 Å². The minimum Gasteiger partial charge on any atom is -0.507 e. The molecule has 0 amide bonds. The Bertz CT molecular complexity index is 2360. The van der Waals surface area contributed by atoms with Crippen molar-refractivity contribution in [2.45, 2.75) is 162 Å². The molecule has 4 heteroatoms. The summed E-state index contributed by atoms with van der Waals surface area (Å²) in [6, 6.07) is 24.7. The summed E-state index contributed by atoms with van der Waals surface area (Å²) in [6.45, 7) is 17.7. The van der Waals surface area contributed by atoms with Crippen molar-refractivity contribution < 1.29 is 19.7 Å². The average molecular weight is 869 g/mol. The Morgan fingerprint density at radius 1 is 0.477 bits per heavy atom. The molecule has 4 aliphatic rings. The Morgan fingerprint density at radius 3 is 1.31 bits per heavy atom. The molecule has 4 aromatic rings. The Balaban J connectivity index is 1.06. The number of phenols is 2. The van der Waals surface area contributed by atoms with Crippen LogP contribution in [0.2, 0.25) is 0 Å². The van der Waals surface area contributed by atoms with E-state index in [0.717, 1.165) is 155 Å². The molecular weight excluding hydrogens is 797 g/mol. The van der Waals surface area contributed by atoms with Crippen molar-refractivity contribution in [2.75, 3.05) is 0 Å². The SMILES string of the molecule is C=C1CCCCC/C=C2/CCCC/C2=C/1c1cc(C)cc(-c2ccccc2OC(C)C[C@H](C)Oc2ccccc2-c2cc(C)cc(/C3=C4\CCCC\C4=C\CCCCCC3=C)c2O)c1O. The zero-order valence-corrected chi connectivity index (χ0v) is 39.8. The van der Waals surface area contributed by atoms with Crippen LogP contribution in [0.25, 0.3) is 33.4 Å².